The summed E-state index contributed by atoms with van der Waals surface area (Å²) in [5.74, 6) is -7.27. The fourth-order valence-electron chi connectivity index (χ4n) is 10.4. The van der Waals surface area contributed by atoms with Crippen molar-refractivity contribution in [1.82, 2.24) is 57.7 Å². The molecule has 2 heterocycles. The largest absolute Gasteiger partial charge is 0.480 e. The molecular weight excluding hydrogens is 1160 g/mol. The lowest BCUT2D eigenvalue weighted by molar-refractivity contribution is -0.149. The Balaban J connectivity index is 1.62. The number of amides is 8. The number of unbranched alkanes of at least 4 members (excludes halogenated alkanes) is 2. The van der Waals surface area contributed by atoms with Gasteiger partial charge in [-0.3, -0.25) is 49.2 Å². The Hall–Kier alpha value is -8.02. The number of hydrogen-bond donors (Lipinski definition) is 18. The first-order valence-corrected chi connectivity index (χ1v) is 32.0. The monoisotopic (exact) mass is 1260 g/mol. The smallest absolute Gasteiger partial charge is 0.326 e. The maximum absolute atomic E-state index is 14.7. The third-order valence-corrected chi connectivity index (χ3v) is 15.8. The Morgan fingerprint density at radius 1 is 0.607 bits per heavy atom. The number of rotatable bonds is 41. The molecule has 1 aliphatic heterocycles. The number of nitrogens with two attached hydrogens (primary N) is 5. The summed E-state index contributed by atoms with van der Waals surface area (Å²) in [4.78, 5) is 132. The first-order chi connectivity index (χ1) is 42.6. The number of carbonyl (C=O) groups is 9. The predicted molar refractivity (Wildman–Crippen MR) is 343 cm³/mol. The molecule has 1 fully saturated rings. The number of benzene rings is 2. The van der Waals surface area contributed by atoms with Crippen LogP contribution in [-0.2, 0) is 56.0 Å². The van der Waals surface area contributed by atoms with Gasteiger partial charge in [-0.2, -0.15) is 11.8 Å². The van der Waals surface area contributed by atoms with E-state index in [9.17, 15) is 48.3 Å². The van der Waals surface area contributed by atoms with E-state index in [1.165, 1.54) is 16.7 Å². The minimum absolute atomic E-state index is 0.0231. The van der Waals surface area contributed by atoms with Crippen molar-refractivity contribution in [3.05, 3.63) is 71.9 Å². The van der Waals surface area contributed by atoms with Crippen molar-refractivity contribution < 1.29 is 48.3 Å². The van der Waals surface area contributed by atoms with Crippen molar-refractivity contribution in [1.29, 1.82) is 10.8 Å². The molecule has 0 radical (unpaired) electrons. The van der Waals surface area contributed by atoms with Gasteiger partial charge in [0, 0.05) is 43.2 Å². The van der Waals surface area contributed by atoms with E-state index in [4.69, 9.17) is 39.5 Å². The molecule has 1 aromatic heterocycles. The van der Waals surface area contributed by atoms with Gasteiger partial charge in [0.1, 0.15) is 48.3 Å². The van der Waals surface area contributed by atoms with E-state index in [0.29, 0.717) is 37.9 Å². The third kappa shape index (κ3) is 25.5. The summed E-state index contributed by atoms with van der Waals surface area (Å²) in [5, 5.41) is 50.9. The molecule has 89 heavy (non-hydrogen) atoms. The van der Waals surface area contributed by atoms with Crippen LogP contribution in [0.2, 0.25) is 0 Å². The van der Waals surface area contributed by atoms with E-state index in [1.54, 1.807) is 6.20 Å². The number of thioether (sulfide) groups is 1. The molecule has 28 nitrogen and oxygen atoms in total. The van der Waals surface area contributed by atoms with Gasteiger partial charge in [-0.25, -0.2) is 4.79 Å². The minimum Gasteiger partial charge on any atom is -0.480 e. The Kier molecular flexibility index (Phi) is 32.3. The third-order valence-electron chi connectivity index (χ3n) is 15.1. The number of carboxylic acids is 1. The number of aromatic nitrogens is 1. The first kappa shape index (κ1) is 73.4. The van der Waals surface area contributed by atoms with Crippen molar-refractivity contribution in [3.8, 4) is 0 Å². The van der Waals surface area contributed by atoms with E-state index in [-0.39, 0.29) is 121 Å². The molecule has 9 atom stereocenters. The Bertz CT molecular complexity index is 2810. The van der Waals surface area contributed by atoms with Crippen LogP contribution in [0.25, 0.3) is 10.9 Å². The second-order valence-electron chi connectivity index (χ2n) is 22.8. The number of aromatic amines is 1. The normalized spacial score (nSPS) is 15.6. The topological polar surface area (TPSA) is 479 Å². The van der Waals surface area contributed by atoms with Crippen LogP contribution in [-0.4, -0.2) is 179 Å². The molecule has 8 amide bonds. The number of guanidine groups is 2. The fourth-order valence-corrected chi connectivity index (χ4v) is 10.9. The zero-order chi connectivity index (χ0) is 65.4. The SMILES string of the molecule is CSCC[C@H](NC(=O)[C@H](Cc1c[nH]c2ccccc12)NC(=O)[C@@H](N)Cc1ccccc1)C(=O)N[C@@H](CCCCN)C(=O)N[C@@H](CCCNC(=N)N)C(=O)N[C@@H](CCCCN)C(=O)N[C@@H](CCCNC(=N)N)C(=O)N[C@@H](CC(C)C)C(=O)N1CCC[C@H]1C(=O)O. The van der Waals surface area contributed by atoms with E-state index in [1.807, 2.05) is 74.7 Å². The molecule has 1 saturated heterocycles. The van der Waals surface area contributed by atoms with Crippen molar-refractivity contribution in [2.45, 2.75) is 171 Å². The highest BCUT2D eigenvalue weighted by molar-refractivity contribution is 7.98. The standard InChI is InChI=1S/C60H96N18O10S/c1-36(2)32-48(57(86)78-30-15-24-49(78)58(87)88)77-54(83)45(23-14-29-69-60(66)67)74-51(80)42(20-9-11-26-61)71-53(82)44(22-13-28-68-59(64)65)73-52(81)43(21-10-12-27-62)72-55(84)46(25-31-89-3)75-56(85)47(34-38-35-70-41-19-8-7-18-39(38)41)76-50(79)40(63)33-37-16-5-4-6-17-37/h4-8,16-19,35-36,40,42-49,70H,9-15,20-34,61-63H2,1-3H3,(H,71,82)(H,72,84)(H,73,81)(H,74,80)(H,75,85)(H,76,79)(H,77,83)(H,87,88)(H4,64,65,68)(H4,66,67,69)/t40-,42-,43-,44-,45-,46-,47-,48-,49-/m0/s1. The highest BCUT2D eigenvalue weighted by Gasteiger charge is 2.40. The number of aliphatic carboxylic acids is 1. The summed E-state index contributed by atoms with van der Waals surface area (Å²) in [7, 11) is 0. The van der Waals surface area contributed by atoms with Crippen LogP contribution in [0.3, 0.4) is 0 Å². The number of H-pyrrole nitrogens is 1. The van der Waals surface area contributed by atoms with Crippen molar-refractivity contribution in [2.75, 3.05) is 44.7 Å². The van der Waals surface area contributed by atoms with Gasteiger partial charge in [0.2, 0.25) is 47.3 Å². The van der Waals surface area contributed by atoms with Crippen LogP contribution in [0.15, 0.2) is 60.8 Å². The van der Waals surface area contributed by atoms with Gasteiger partial charge in [0.15, 0.2) is 11.9 Å². The predicted octanol–water partition coefficient (Wildman–Crippen LogP) is -0.667. The number of nitrogens with zero attached hydrogens (tertiary/aromatic N) is 1. The summed E-state index contributed by atoms with van der Waals surface area (Å²) in [6.45, 7) is 4.60. The van der Waals surface area contributed by atoms with Crippen molar-refractivity contribution in [2.24, 2.45) is 34.6 Å². The van der Waals surface area contributed by atoms with E-state index in [2.05, 4.69) is 52.8 Å². The number of fused-ring (bicyclic) bond motifs is 1. The molecule has 2 aromatic carbocycles. The van der Waals surface area contributed by atoms with Gasteiger partial charge < -0.3 is 91.5 Å². The van der Waals surface area contributed by atoms with Gasteiger partial charge in [-0.15, -0.1) is 0 Å². The summed E-state index contributed by atoms with van der Waals surface area (Å²) < 4.78 is 0. The lowest BCUT2D eigenvalue weighted by Gasteiger charge is -2.30. The molecular formula is C60H96N18O10S. The molecule has 1 aliphatic rings. The average Bonchev–Trinajstić information content (AvgIpc) is 4.11. The van der Waals surface area contributed by atoms with Crippen LogP contribution >= 0.6 is 11.8 Å². The van der Waals surface area contributed by atoms with Gasteiger partial charge in [0.05, 0.1) is 6.04 Å². The lowest BCUT2D eigenvalue weighted by atomic mass is 10.0. The van der Waals surface area contributed by atoms with Crippen LogP contribution in [0.4, 0.5) is 0 Å². The molecule has 0 saturated carbocycles. The van der Waals surface area contributed by atoms with E-state index < -0.39 is 108 Å². The van der Waals surface area contributed by atoms with Crippen molar-refractivity contribution >= 4 is 87.8 Å². The second kappa shape index (κ2) is 39.1. The number of likely N-dealkylation sites (tertiary alicyclic amines) is 1. The average molecular weight is 1260 g/mol. The molecule has 3 aromatic rings. The number of para-hydroxylation sites is 1. The van der Waals surface area contributed by atoms with E-state index >= 15 is 0 Å². The number of hydrogen-bond acceptors (Lipinski definition) is 15. The molecule has 4 rings (SSSR count). The molecule has 0 bridgehead atoms. The molecule has 492 valence electrons. The molecule has 0 unspecified atom stereocenters. The molecule has 23 N–H and O–H groups in total. The number of carbonyl (C=O) groups excluding carboxylic acids is 8. The van der Waals surface area contributed by atoms with Gasteiger partial charge in [0.25, 0.3) is 0 Å². The number of nitrogens with one attached hydrogen (secondary N) is 12. The molecule has 0 aliphatic carbocycles. The summed E-state index contributed by atoms with van der Waals surface area (Å²) in [6, 6.07) is 5.67. The zero-order valence-corrected chi connectivity index (χ0v) is 52.3. The lowest BCUT2D eigenvalue weighted by Crippen LogP contribution is -2.60. The van der Waals surface area contributed by atoms with Crippen LogP contribution < -0.4 is 76.5 Å². The summed E-state index contributed by atoms with van der Waals surface area (Å²) in [5.41, 5.74) is 31.6. The van der Waals surface area contributed by atoms with Crippen LogP contribution in [0.1, 0.15) is 115 Å². The Labute approximate surface area is 524 Å². The Morgan fingerprint density at radius 2 is 1.06 bits per heavy atom. The first-order valence-electron chi connectivity index (χ1n) is 30.6. The van der Waals surface area contributed by atoms with Crippen LogP contribution in [0.5, 0.6) is 0 Å². The fraction of sp³-hybridized carbons (Fsp3) is 0.583. The maximum atomic E-state index is 14.7. The number of carboxylic acid groups (broad SMARTS) is 1. The Morgan fingerprint density at radius 3 is 1.53 bits per heavy atom. The quantitative estimate of drug-likeness (QED) is 0.0190. The van der Waals surface area contributed by atoms with Gasteiger partial charge in [-0.1, -0.05) is 62.4 Å². The highest BCUT2D eigenvalue weighted by Crippen LogP contribution is 2.22. The minimum atomic E-state index is -1.37. The highest BCUT2D eigenvalue weighted by atomic mass is 32.2. The van der Waals surface area contributed by atoms with Crippen LogP contribution in [0, 0.1) is 16.7 Å². The van der Waals surface area contributed by atoms with E-state index in [0.717, 1.165) is 22.0 Å². The summed E-state index contributed by atoms with van der Waals surface area (Å²) in [6.07, 6.45) is 6.69. The zero-order valence-electron chi connectivity index (χ0n) is 51.5. The summed E-state index contributed by atoms with van der Waals surface area (Å²) >= 11 is 1.42. The molecule has 29 heteroatoms. The second-order valence-corrected chi connectivity index (χ2v) is 23.7. The van der Waals surface area contributed by atoms with Gasteiger partial charge in [-0.05, 0) is 145 Å². The molecule has 0 spiro atoms. The maximum Gasteiger partial charge on any atom is 0.326 e. The van der Waals surface area contributed by atoms with Gasteiger partial charge >= 0.3 is 5.97 Å². The van der Waals surface area contributed by atoms with Crippen molar-refractivity contribution in [3.63, 3.8) is 0 Å².